The zero-order valence-corrected chi connectivity index (χ0v) is 34.4. The minimum absolute atomic E-state index is 0.0228. The lowest BCUT2D eigenvalue weighted by atomic mass is 9.84. The van der Waals surface area contributed by atoms with Crippen LogP contribution in [0.3, 0.4) is 0 Å². The van der Waals surface area contributed by atoms with E-state index < -0.39 is 78.3 Å². The highest BCUT2D eigenvalue weighted by atomic mass is 32.2. The molecule has 4 rings (SSSR count). The van der Waals surface area contributed by atoms with Gasteiger partial charge in [0.25, 0.3) is 26.0 Å². The first kappa shape index (κ1) is 42.2. The van der Waals surface area contributed by atoms with Crippen molar-refractivity contribution in [1.29, 1.82) is 0 Å². The van der Waals surface area contributed by atoms with Crippen molar-refractivity contribution >= 4 is 55.1 Å². The highest BCUT2D eigenvalue weighted by Gasteiger charge is 2.55. The summed E-state index contributed by atoms with van der Waals surface area (Å²) in [5.41, 5.74) is -2.83. The van der Waals surface area contributed by atoms with Crippen LogP contribution in [0, 0.1) is 22.7 Å². The van der Waals surface area contributed by atoms with Crippen LogP contribution in [0.1, 0.15) is 74.7 Å². The van der Waals surface area contributed by atoms with Crippen LogP contribution in [0.4, 0.5) is 4.79 Å². The molecule has 2 unspecified atom stereocenters. The first-order valence-corrected chi connectivity index (χ1v) is 21.5. The van der Waals surface area contributed by atoms with E-state index in [4.69, 9.17) is 0 Å². The van der Waals surface area contributed by atoms with Crippen LogP contribution in [0.15, 0.2) is 56.9 Å². The molecule has 1 aliphatic carbocycles. The Morgan fingerprint density at radius 2 is 1.55 bits per heavy atom. The van der Waals surface area contributed by atoms with Gasteiger partial charge < -0.3 is 20.9 Å². The maximum absolute atomic E-state index is 14.5. The van der Waals surface area contributed by atoms with E-state index in [0.717, 1.165) is 11.3 Å². The molecular weight excluding hydrogens is 741 g/mol. The Balaban J connectivity index is 1.52. The van der Waals surface area contributed by atoms with E-state index in [0.29, 0.717) is 6.42 Å². The van der Waals surface area contributed by atoms with E-state index in [9.17, 15) is 36.0 Å². The number of sulfonamides is 2. The fraction of sp³-hybridized carbons (Fsp3) is 0.611. The summed E-state index contributed by atoms with van der Waals surface area (Å²) in [4.78, 5) is 56.9. The van der Waals surface area contributed by atoms with Gasteiger partial charge in [0.1, 0.15) is 21.8 Å². The molecule has 5 amide bonds. The van der Waals surface area contributed by atoms with Crippen molar-refractivity contribution in [3.63, 3.8) is 0 Å². The van der Waals surface area contributed by atoms with Crippen LogP contribution in [0.5, 0.6) is 0 Å². The molecule has 1 aromatic heterocycles. The first-order chi connectivity index (χ1) is 24.4. The molecule has 0 bridgehead atoms. The van der Waals surface area contributed by atoms with Crippen molar-refractivity contribution in [2.24, 2.45) is 22.7 Å². The van der Waals surface area contributed by atoms with Crippen LogP contribution < -0.4 is 20.7 Å². The van der Waals surface area contributed by atoms with E-state index in [1.807, 2.05) is 34.6 Å². The molecule has 294 valence electrons. The van der Waals surface area contributed by atoms with Crippen molar-refractivity contribution in [1.82, 2.24) is 29.9 Å². The van der Waals surface area contributed by atoms with Gasteiger partial charge in [-0.3, -0.25) is 14.4 Å². The van der Waals surface area contributed by atoms with Crippen molar-refractivity contribution in [3.05, 3.63) is 47.8 Å². The van der Waals surface area contributed by atoms with Gasteiger partial charge in [0.15, 0.2) is 0 Å². The number of likely N-dealkylation sites (N-methyl/N-ethyl adjacent to an activating group) is 1. The third-order valence-corrected chi connectivity index (χ3v) is 14.6. The average Bonchev–Trinajstić information content (AvgIpc) is 3.43. The molecule has 2 heterocycles. The summed E-state index contributed by atoms with van der Waals surface area (Å²) in [6, 6.07) is 7.23. The number of amides is 5. The number of hydrogen-bond acceptors (Lipinski definition) is 9. The minimum Gasteiger partial charge on any atom is -0.340 e. The van der Waals surface area contributed by atoms with Crippen molar-refractivity contribution in [2.45, 2.75) is 107 Å². The first-order valence-electron chi connectivity index (χ1n) is 17.7. The third kappa shape index (κ3) is 9.77. The molecular formula is C36H54N6O8S3. The molecule has 14 nitrogen and oxygen atoms in total. The predicted molar refractivity (Wildman–Crippen MR) is 203 cm³/mol. The van der Waals surface area contributed by atoms with Gasteiger partial charge in [-0.2, -0.15) is 4.31 Å². The Kier molecular flexibility index (Phi) is 12.5. The van der Waals surface area contributed by atoms with Crippen LogP contribution >= 0.6 is 11.3 Å². The Hall–Kier alpha value is -3.54. The predicted octanol–water partition coefficient (Wildman–Crippen LogP) is 3.52. The second-order valence-corrected chi connectivity index (χ2v) is 21.4. The molecule has 2 aliphatic rings. The fourth-order valence-corrected chi connectivity index (χ4v) is 9.88. The van der Waals surface area contributed by atoms with Gasteiger partial charge in [0, 0.05) is 26.2 Å². The van der Waals surface area contributed by atoms with Gasteiger partial charge in [-0.05, 0) is 65.5 Å². The summed E-state index contributed by atoms with van der Waals surface area (Å²) in [6.45, 7) is 15.1. The smallest absolute Gasteiger partial charge is 0.315 e. The lowest BCUT2D eigenvalue weighted by Crippen LogP contribution is -2.62. The van der Waals surface area contributed by atoms with Crippen molar-refractivity contribution < 1.29 is 36.0 Å². The lowest BCUT2D eigenvalue weighted by molar-refractivity contribution is -0.143. The summed E-state index contributed by atoms with van der Waals surface area (Å²) in [7, 11) is -6.52. The highest BCUT2D eigenvalue weighted by molar-refractivity contribution is 7.91. The third-order valence-electron chi connectivity index (χ3n) is 10.0. The van der Waals surface area contributed by atoms with Crippen LogP contribution in [-0.4, -0.2) is 93.6 Å². The van der Waals surface area contributed by atoms with E-state index in [1.165, 1.54) is 46.6 Å². The van der Waals surface area contributed by atoms with Gasteiger partial charge in [0.2, 0.25) is 11.8 Å². The number of rotatable bonds is 13. The molecule has 1 saturated heterocycles. The summed E-state index contributed by atoms with van der Waals surface area (Å²) in [5, 5.41) is 10.2. The summed E-state index contributed by atoms with van der Waals surface area (Å²) in [5.74, 6) is -2.20. The topological polar surface area (TPSA) is 191 Å². The Morgan fingerprint density at radius 3 is 2.06 bits per heavy atom. The number of carbonyl (C=O) groups is 4. The van der Waals surface area contributed by atoms with Gasteiger partial charge >= 0.3 is 6.03 Å². The van der Waals surface area contributed by atoms with E-state index in [1.54, 1.807) is 38.3 Å². The van der Waals surface area contributed by atoms with Crippen LogP contribution in [0.2, 0.25) is 0 Å². The van der Waals surface area contributed by atoms with Crippen LogP contribution in [0.25, 0.3) is 0 Å². The Labute approximate surface area is 317 Å². The monoisotopic (exact) mass is 794 g/mol. The van der Waals surface area contributed by atoms with Crippen molar-refractivity contribution in [2.75, 3.05) is 20.1 Å². The molecule has 4 N–H and O–H groups in total. The Bertz CT molecular complexity index is 1870. The summed E-state index contributed by atoms with van der Waals surface area (Å²) in [6.07, 6.45) is 0.962. The second kappa shape index (κ2) is 15.7. The molecule has 0 radical (unpaired) electrons. The zero-order chi connectivity index (χ0) is 39.7. The maximum atomic E-state index is 14.5. The average molecular weight is 795 g/mol. The van der Waals surface area contributed by atoms with Gasteiger partial charge in [0.05, 0.1) is 4.90 Å². The molecule has 2 fully saturated rings. The quantitative estimate of drug-likeness (QED) is 0.237. The molecule has 1 aromatic carbocycles. The van der Waals surface area contributed by atoms with Gasteiger partial charge in [-0.25, -0.2) is 26.4 Å². The zero-order valence-electron chi connectivity index (χ0n) is 31.9. The maximum Gasteiger partial charge on any atom is 0.315 e. The SMILES string of the molecule is CC(C)[C@H]1CCN(C(=O)C(NC(=O)NC(CN(C)S(=O)(=O)c2cccs2)C(C)(C)C)C(C)(C)C)[C@@H]1C(=O)NC1(C(=O)NS(=O)(=O)c2ccccc2)CC1. The summed E-state index contributed by atoms with van der Waals surface area (Å²) >= 11 is 1.10. The molecule has 4 atom stereocenters. The lowest BCUT2D eigenvalue weighted by Gasteiger charge is -2.38. The standard InChI is InChI=1S/C36H54N6O8S3/c1-23(2)25-17-20-42(28(25)30(43)39-36(18-19-36)32(45)40-52(47,48)24-14-11-10-12-15-24)31(44)29(35(6,7)8)38-33(46)37-26(34(3,4)5)22-41(9)53(49,50)27-16-13-21-51-27/h10-16,21,23,25-26,28-29H,17-20,22H2,1-9H3,(H,39,43)(H,40,45)(H2,37,38,46)/t25-,26?,28+,29?/m1/s1. The number of benzene rings is 1. The normalized spacial score (nSPS) is 20.1. The molecule has 2 aromatic rings. The Morgan fingerprint density at radius 1 is 0.925 bits per heavy atom. The van der Waals surface area contributed by atoms with E-state index >= 15 is 0 Å². The number of carbonyl (C=O) groups excluding carboxylic acids is 4. The van der Waals surface area contributed by atoms with E-state index in [2.05, 4.69) is 20.7 Å². The second-order valence-electron chi connectivity index (χ2n) is 16.5. The number of hydrogen-bond donors (Lipinski definition) is 4. The van der Waals surface area contributed by atoms with Gasteiger partial charge in [-0.1, -0.05) is 79.7 Å². The largest absolute Gasteiger partial charge is 0.340 e. The number of nitrogens with one attached hydrogen (secondary N) is 4. The number of nitrogens with zero attached hydrogens (tertiary/aromatic N) is 2. The highest BCUT2D eigenvalue weighted by Crippen LogP contribution is 2.39. The number of likely N-dealkylation sites (tertiary alicyclic amines) is 1. The molecule has 0 spiro atoms. The number of urea groups is 1. The van der Waals surface area contributed by atoms with Gasteiger partial charge in [-0.15, -0.1) is 11.3 Å². The molecule has 1 saturated carbocycles. The minimum atomic E-state index is -4.18. The van der Waals surface area contributed by atoms with E-state index in [-0.39, 0.29) is 46.9 Å². The fourth-order valence-electron chi connectivity index (χ4n) is 6.42. The summed E-state index contributed by atoms with van der Waals surface area (Å²) < 4.78 is 55.6. The number of thiophene rings is 1. The van der Waals surface area contributed by atoms with Crippen molar-refractivity contribution in [3.8, 4) is 0 Å². The molecule has 53 heavy (non-hydrogen) atoms. The van der Waals surface area contributed by atoms with Crippen LogP contribution in [-0.2, 0) is 34.4 Å². The molecule has 1 aliphatic heterocycles. The molecule has 17 heteroatoms.